The third-order valence-electron chi connectivity index (χ3n) is 3.92. The van der Waals surface area contributed by atoms with Crippen LogP contribution in [0.25, 0.3) is 0 Å². The zero-order valence-electron chi connectivity index (χ0n) is 13.8. The first-order valence-electron chi connectivity index (χ1n) is 7.84. The van der Waals surface area contributed by atoms with Crippen LogP contribution >= 0.6 is 11.8 Å². The van der Waals surface area contributed by atoms with E-state index < -0.39 is 48.7 Å². The van der Waals surface area contributed by atoms with Crippen molar-refractivity contribution in [3.05, 3.63) is 0 Å². The smallest absolute Gasteiger partial charge is 0.388 e. The third-order valence-corrected chi connectivity index (χ3v) is 5.22. The van der Waals surface area contributed by atoms with Gasteiger partial charge in [-0.15, -0.1) is 0 Å². The molecule has 0 aromatic carbocycles. The van der Waals surface area contributed by atoms with E-state index in [1.807, 2.05) is 0 Å². The average molecular weight is 390 g/mol. The topological polar surface area (TPSA) is 74.5 Å². The van der Waals surface area contributed by atoms with E-state index in [0.717, 1.165) is 11.8 Å². The molecule has 0 aromatic rings. The van der Waals surface area contributed by atoms with Gasteiger partial charge in [0.05, 0.1) is 6.67 Å². The SMILES string of the molecule is CN(C)C1=NC2C(OC(C(OCCCCF)C(F)(F)F)C(O)C2O)S1. The molecule has 25 heavy (non-hydrogen) atoms. The molecule has 0 aliphatic carbocycles. The molecule has 0 radical (unpaired) electrons. The second-order valence-corrected chi connectivity index (χ2v) is 7.16. The van der Waals surface area contributed by atoms with Gasteiger partial charge in [0, 0.05) is 20.7 Å². The minimum Gasteiger partial charge on any atom is -0.388 e. The first-order valence-corrected chi connectivity index (χ1v) is 8.72. The number of amidine groups is 1. The summed E-state index contributed by atoms with van der Waals surface area (Å²) < 4.78 is 62.4. The highest BCUT2D eigenvalue weighted by Crippen LogP contribution is 2.40. The number of halogens is 4. The molecule has 6 atom stereocenters. The molecule has 2 aliphatic heterocycles. The Morgan fingerprint density at radius 3 is 2.52 bits per heavy atom. The van der Waals surface area contributed by atoms with Crippen LogP contribution in [-0.2, 0) is 9.47 Å². The van der Waals surface area contributed by atoms with E-state index in [9.17, 15) is 27.8 Å². The third kappa shape index (κ3) is 4.76. The Morgan fingerprint density at radius 2 is 1.96 bits per heavy atom. The highest BCUT2D eigenvalue weighted by Gasteiger charge is 2.57. The number of unbranched alkanes of at least 4 members (excludes halogenated alkanes) is 1. The van der Waals surface area contributed by atoms with E-state index in [0.29, 0.717) is 5.17 Å². The maximum absolute atomic E-state index is 13.3. The number of rotatable bonds is 6. The highest BCUT2D eigenvalue weighted by molar-refractivity contribution is 8.14. The number of alkyl halides is 4. The molecule has 0 aromatic heterocycles. The molecular weight excluding hydrogens is 368 g/mol. The quantitative estimate of drug-likeness (QED) is 0.524. The fourth-order valence-electron chi connectivity index (χ4n) is 2.62. The molecule has 146 valence electrons. The van der Waals surface area contributed by atoms with Crippen LogP contribution in [0.4, 0.5) is 17.6 Å². The van der Waals surface area contributed by atoms with Crippen LogP contribution in [0.2, 0.25) is 0 Å². The molecule has 0 amide bonds. The average Bonchev–Trinajstić information content (AvgIpc) is 2.95. The monoisotopic (exact) mass is 390 g/mol. The van der Waals surface area contributed by atoms with E-state index in [2.05, 4.69) is 4.99 Å². The van der Waals surface area contributed by atoms with E-state index in [4.69, 9.17) is 9.47 Å². The zero-order chi connectivity index (χ0) is 18.8. The van der Waals surface area contributed by atoms with Gasteiger partial charge in [0.25, 0.3) is 0 Å². The van der Waals surface area contributed by atoms with Gasteiger partial charge in [-0.3, -0.25) is 9.38 Å². The minimum absolute atomic E-state index is 0.0852. The number of hydrogen-bond acceptors (Lipinski definition) is 7. The molecule has 0 saturated carbocycles. The Balaban J connectivity index is 2.11. The number of aliphatic hydroxyl groups excluding tert-OH is 2. The summed E-state index contributed by atoms with van der Waals surface area (Å²) in [6, 6.07) is -0.853. The van der Waals surface area contributed by atoms with Gasteiger partial charge in [-0.25, -0.2) is 0 Å². The Kier molecular flexibility index (Phi) is 6.94. The maximum atomic E-state index is 13.3. The first kappa shape index (κ1) is 20.7. The maximum Gasteiger partial charge on any atom is 0.417 e. The largest absolute Gasteiger partial charge is 0.417 e. The Hall–Kier alpha value is -0.620. The molecule has 0 spiro atoms. The summed E-state index contributed by atoms with van der Waals surface area (Å²) in [7, 11) is 3.41. The highest BCUT2D eigenvalue weighted by atomic mass is 32.2. The van der Waals surface area contributed by atoms with E-state index in [1.54, 1.807) is 19.0 Å². The molecule has 0 bridgehead atoms. The van der Waals surface area contributed by atoms with Crippen LogP contribution in [0.1, 0.15) is 12.8 Å². The summed E-state index contributed by atoms with van der Waals surface area (Å²) in [5.74, 6) is 0. The summed E-state index contributed by atoms with van der Waals surface area (Å²) in [5.41, 5.74) is -0.847. The lowest BCUT2D eigenvalue weighted by atomic mass is 9.94. The van der Waals surface area contributed by atoms with Crippen LogP contribution < -0.4 is 0 Å². The summed E-state index contributed by atoms with van der Waals surface area (Å²) >= 11 is 1.08. The molecule has 2 aliphatic rings. The van der Waals surface area contributed by atoms with Gasteiger partial charge in [0.1, 0.15) is 29.8 Å². The van der Waals surface area contributed by atoms with Gasteiger partial charge in [-0.05, 0) is 12.8 Å². The van der Waals surface area contributed by atoms with Crippen molar-refractivity contribution in [2.75, 3.05) is 27.4 Å². The predicted molar refractivity (Wildman–Crippen MR) is 84.2 cm³/mol. The molecule has 6 unspecified atom stereocenters. The molecule has 6 nitrogen and oxygen atoms in total. The lowest BCUT2D eigenvalue weighted by molar-refractivity contribution is -0.284. The molecule has 1 fully saturated rings. The number of aliphatic hydroxyl groups is 2. The fraction of sp³-hybridized carbons (Fsp3) is 0.929. The van der Waals surface area contributed by atoms with E-state index in [1.165, 1.54) is 0 Å². The number of fused-ring (bicyclic) bond motifs is 1. The Morgan fingerprint density at radius 1 is 1.28 bits per heavy atom. The second-order valence-electron chi connectivity index (χ2n) is 6.09. The van der Waals surface area contributed by atoms with Crippen molar-refractivity contribution >= 4 is 16.9 Å². The lowest BCUT2D eigenvalue weighted by Gasteiger charge is -2.41. The zero-order valence-corrected chi connectivity index (χ0v) is 14.6. The summed E-state index contributed by atoms with van der Waals surface area (Å²) in [6.45, 7) is -0.968. The predicted octanol–water partition coefficient (Wildman–Crippen LogP) is 1.16. The van der Waals surface area contributed by atoms with E-state index >= 15 is 0 Å². The van der Waals surface area contributed by atoms with Gasteiger partial charge in [-0.2, -0.15) is 13.2 Å². The number of nitrogens with zero attached hydrogens (tertiary/aromatic N) is 2. The van der Waals surface area contributed by atoms with Crippen molar-refractivity contribution in [2.24, 2.45) is 4.99 Å². The van der Waals surface area contributed by atoms with Gasteiger partial charge in [-0.1, -0.05) is 11.8 Å². The number of ether oxygens (including phenoxy) is 2. The minimum atomic E-state index is -4.80. The van der Waals surface area contributed by atoms with Crippen LogP contribution in [0.3, 0.4) is 0 Å². The van der Waals surface area contributed by atoms with Gasteiger partial charge in [0.15, 0.2) is 11.3 Å². The van der Waals surface area contributed by atoms with Crippen molar-refractivity contribution < 1.29 is 37.2 Å². The van der Waals surface area contributed by atoms with E-state index in [-0.39, 0.29) is 19.4 Å². The van der Waals surface area contributed by atoms with Crippen molar-refractivity contribution in [1.82, 2.24) is 4.90 Å². The van der Waals surface area contributed by atoms with Crippen LogP contribution in [0.5, 0.6) is 0 Å². The van der Waals surface area contributed by atoms with Crippen LogP contribution in [0.15, 0.2) is 4.99 Å². The van der Waals surface area contributed by atoms with Crippen LogP contribution in [0, 0.1) is 0 Å². The van der Waals surface area contributed by atoms with Crippen molar-refractivity contribution in [3.63, 3.8) is 0 Å². The Labute approximate surface area is 147 Å². The van der Waals surface area contributed by atoms with Gasteiger partial charge >= 0.3 is 6.18 Å². The summed E-state index contributed by atoms with van der Waals surface area (Å²) in [4.78, 5) is 5.84. The molecule has 2 rings (SSSR count). The lowest BCUT2D eigenvalue weighted by Crippen LogP contribution is -2.61. The van der Waals surface area contributed by atoms with Crippen molar-refractivity contribution in [1.29, 1.82) is 0 Å². The normalized spacial score (nSPS) is 33.8. The Bertz CT molecular complexity index is 480. The summed E-state index contributed by atoms with van der Waals surface area (Å²) in [6.07, 6.45) is -12.1. The standard InChI is InChI=1S/C14H22F4N2O4S/c1-20(2)13-19-7-8(21)9(22)10(24-12(7)25-13)11(14(16,17)18)23-6-4-3-5-15/h7-12,21-22H,3-6H2,1-2H3. The number of hydrogen-bond donors (Lipinski definition) is 2. The van der Waals surface area contributed by atoms with Crippen LogP contribution in [-0.4, -0.2) is 89.7 Å². The summed E-state index contributed by atoms with van der Waals surface area (Å²) in [5, 5.41) is 20.8. The molecule has 2 N–H and O–H groups in total. The van der Waals surface area contributed by atoms with Crippen molar-refractivity contribution in [3.8, 4) is 0 Å². The first-order chi connectivity index (χ1) is 11.7. The molecule has 11 heteroatoms. The molecular formula is C14H22F4N2O4S. The van der Waals surface area contributed by atoms with Gasteiger partial charge < -0.3 is 24.6 Å². The molecule has 1 saturated heterocycles. The van der Waals surface area contributed by atoms with Crippen molar-refractivity contribution in [2.45, 2.75) is 54.9 Å². The van der Waals surface area contributed by atoms with Gasteiger partial charge in [0.2, 0.25) is 0 Å². The number of thioether (sulfide) groups is 1. The molecule has 2 heterocycles. The number of aliphatic imine (C=N–C) groups is 1. The fourth-order valence-corrected chi connectivity index (χ4v) is 3.77. The second kappa shape index (κ2) is 8.38.